The van der Waals surface area contributed by atoms with Gasteiger partial charge in [0.05, 0.1) is 18.9 Å². The average molecular weight is 256 g/mol. The van der Waals surface area contributed by atoms with Gasteiger partial charge in [-0.1, -0.05) is 30.3 Å². The molecule has 0 fully saturated rings. The summed E-state index contributed by atoms with van der Waals surface area (Å²) in [6, 6.07) is 14.2. The third kappa shape index (κ3) is 2.60. The highest BCUT2D eigenvalue weighted by Gasteiger charge is 2.02. The van der Waals surface area contributed by atoms with Crippen LogP contribution < -0.4 is 4.74 Å². The standard InChI is InChI=1S/C14H12N2OS/c1-2-5-12(6-3-1)10-16-11-13(9-15-16)17-14-7-4-8-18-14/h1-9,11H,10H2. The third-order valence-electron chi connectivity index (χ3n) is 2.51. The Morgan fingerprint density at radius 1 is 1.11 bits per heavy atom. The summed E-state index contributed by atoms with van der Waals surface area (Å²) in [6.07, 6.45) is 3.65. The average Bonchev–Trinajstić information content (AvgIpc) is 3.03. The molecular formula is C14H12N2OS. The lowest BCUT2D eigenvalue weighted by atomic mass is 10.2. The Kier molecular flexibility index (Phi) is 3.10. The summed E-state index contributed by atoms with van der Waals surface area (Å²) in [7, 11) is 0. The number of ether oxygens (including phenoxy) is 1. The number of hydrogen-bond donors (Lipinski definition) is 0. The Morgan fingerprint density at radius 2 is 2.00 bits per heavy atom. The van der Waals surface area contributed by atoms with Crippen molar-refractivity contribution in [3.8, 4) is 10.8 Å². The molecule has 3 aromatic rings. The number of aromatic nitrogens is 2. The molecule has 90 valence electrons. The van der Waals surface area contributed by atoms with E-state index in [0.29, 0.717) is 0 Å². The van der Waals surface area contributed by atoms with E-state index in [0.717, 1.165) is 17.4 Å². The van der Waals surface area contributed by atoms with Gasteiger partial charge >= 0.3 is 0 Å². The molecule has 0 unspecified atom stereocenters. The monoisotopic (exact) mass is 256 g/mol. The predicted octanol–water partition coefficient (Wildman–Crippen LogP) is 3.79. The van der Waals surface area contributed by atoms with Crippen LogP contribution >= 0.6 is 11.3 Å². The second kappa shape index (κ2) is 5.06. The molecule has 3 nitrogen and oxygen atoms in total. The lowest BCUT2D eigenvalue weighted by Crippen LogP contribution is -1.99. The third-order valence-corrected chi connectivity index (χ3v) is 3.26. The van der Waals surface area contributed by atoms with Crippen molar-refractivity contribution >= 4 is 11.3 Å². The second-order valence-electron chi connectivity index (χ2n) is 3.89. The van der Waals surface area contributed by atoms with Gasteiger partial charge in [0.15, 0.2) is 10.8 Å². The maximum absolute atomic E-state index is 5.67. The van der Waals surface area contributed by atoms with Gasteiger partial charge in [-0.15, -0.1) is 11.3 Å². The van der Waals surface area contributed by atoms with E-state index in [2.05, 4.69) is 17.2 Å². The van der Waals surface area contributed by atoms with E-state index in [9.17, 15) is 0 Å². The molecule has 2 heterocycles. The number of rotatable bonds is 4. The molecule has 18 heavy (non-hydrogen) atoms. The first-order valence-corrected chi connectivity index (χ1v) is 6.56. The van der Waals surface area contributed by atoms with E-state index in [4.69, 9.17) is 4.74 Å². The lowest BCUT2D eigenvalue weighted by Gasteiger charge is -2.00. The van der Waals surface area contributed by atoms with Crippen molar-refractivity contribution < 1.29 is 4.74 Å². The van der Waals surface area contributed by atoms with E-state index < -0.39 is 0 Å². The van der Waals surface area contributed by atoms with Crippen LogP contribution in [0.15, 0.2) is 60.2 Å². The molecule has 0 bridgehead atoms. The van der Waals surface area contributed by atoms with Gasteiger partial charge < -0.3 is 4.74 Å². The second-order valence-corrected chi connectivity index (χ2v) is 4.80. The van der Waals surface area contributed by atoms with Crippen LogP contribution in [0.25, 0.3) is 0 Å². The molecular weight excluding hydrogens is 244 g/mol. The van der Waals surface area contributed by atoms with E-state index in [1.165, 1.54) is 5.56 Å². The van der Waals surface area contributed by atoms with Crippen LogP contribution in [0.2, 0.25) is 0 Å². The van der Waals surface area contributed by atoms with Crippen LogP contribution in [0.4, 0.5) is 0 Å². The zero-order chi connectivity index (χ0) is 12.2. The predicted molar refractivity (Wildman–Crippen MR) is 72.2 cm³/mol. The number of hydrogen-bond acceptors (Lipinski definition) is 3. The number of thiophene rings is 1. The van der Waals surface area contributed by atoms with Gasteiger partial charge in [0, 0.05) is 0 Å². The summed E-state index contributed by atoms with van der Waals surface area (Å²) >= 11 is 1.57. The largest absolute Gasteiger partial charge is 0.443 e. The summed E-state index contributed by atoms with van der Waals surface area (Å²) < 4.78 is 7.55. The maximum Gasteiger partial charge on any atom is 0.181 e. The Morgan fingerprint density at radius 3 is 2.78 bits per heavy atom. The molecule has 0 amide bonds. The SMILES string of the molecule is c1ccc(Cn2cc(Oc3cccs3)cn2)cc1. The zero-order valence-corrected chi connectivity index (χ0v) is 10.5. The van der Waals surface area contributed by atoms with Crippen molar-refractivity contribution in [3.05, 3.63) is 65.8 Å². The van der Waals surface area contributed by atoms with Crippen LogP contribution in [0.5, 0.6) is 10.8 Å². The molecule has 4 heteroatoms. The molecule has 1 aromatic carbocycles. The van der Waals surface area contributed by atoms with Crippen molar-refractivity contribution in [2.75, 3.05) is 0 Å². The van der Waals surface area contributed by atoms with Gasteiger partial charge in [-0.3, -0.25) is 4.68 Å². The minimum absolute atomic E-state index is 0.759. The van der Waals surface area contributed by atoms with Gasteiger partial charge in [-0.05, 0) is 23.1 Å². The fourth-order valence-corrected chi connectivity index (χ4v) is 2.28. The van der Waals surface area contributed by atoms with Crippen molar-refractivity contribution in [2.24, 2.45) is 0 Å². The van der Waals surface area contributed by atoms with Crippen LogP contribution in [0.1, 0.15) is 5.56 Å². The van der Waals surface area contributed by atoms with Crippen LogP contribution in [0, 0.1) is 0 Å². The minimum Gasteiger partial charge on any atom is -0.443 e. The Labute approximate surface area is 109 Å². The van der Waals surface area contributed by atoms with E-state index in [-0.39, 0.29) is 0 Å². The minimum atomic E-state index is 0.759. The van der Waals surface area contributed by atoms with Gasteiger partial charge in [-0.2, -0.15) is 5.10 Å². The molecule has 0 aliphatic carbocycles. The van der Waals surface area contributed by atoms with Crippen LogP contribution in [-0.4, -0.2) is 9.78 Å². The normalized spacial score (nSPS) is 10.4. The Balaban J connectivity index is 1.70. The smallest absolute Gasteiger partial charge is 0.181 e. The highest BCUT2D eigenvalue weighted by molar-refractivity contribution is 7.11. The van der Waals surface area contributed by atoms with Gasteiger partial charge in [-0.25, -0.2) is 0 Å². The van der Waals surface area contributed by atoms with Crippen LogP contribution in [0.3, 0.4) is 0 Å². The van der Waals surface area contributed by atoms with Crippen molar-refractivity contribution in [3.63, 3.8) is 0 Å². The zero-order valence-electron chi connectivity index (χ0n) is 9.69. The maximum atomic E-state index is 5.67. The molecule has 3 rings (SSSR count). The van der Waals surface area contributed by atoms with E-state index in [1.807, 2.05) is 46.6 Å². The summed E-state index contributed by atoms with van der Waals surface area (Å²) in [4.78, 5) is 0. The summed E-state index contributed by atoms with van der Waals surface area (Å²) in [5.74, 6) is 0.772. The first-order chi connectivity index (χ1) is 8.90. The number of nitrogens with zero attached hydrogens (tertiary/aromatic N) is 2. The summed E-state index contributed by atoms with van der Waals surface area (Å²) in [6.45, 7) is 0.759. The molecule has 0 N–H and O–H groups in total. The van der Waals surface area contributed by atoms with Gasteiger partial charge in [0.1, 0.15) is 0 Å². The molecule has 0 aliphatic heterocycles. The molecule has 0 atom stereocenters. The first-order valence-electron chi connectivity index (χ1n) is 5.68. The van der Waals surface area contributed by atoms with Crippen molar-refractivity contribution in [2.45, 2.75) is 6.54 Å². The number of benzene rings is 1. The van der Waals surface area contributed by atoms with Gasteiger partial charge in [0.2, 0.25) is 0 Å². The van der Waals surface area contributed by atoms with E-state index >= 15 is 0 Å². The lowest BCUT2D eigenvalue weighted by molar-refractivity contribution is 0.495. The fraction of sp³-hybridized carbons (Fsp3) is 0.0714. The fourth-order valence-electron chi connectivity index (χ4n) is 1.69. The van der Waals surface area contributed by atoms with Crippen LogP contribution in [-0.2, 0) is 6.54 Å². The molecule has 2 aromatic heterocycles. The first kappa shape index (κ1) is 11.0. The van der Waals surface area contributed by atoms with Crippen molar-refractivity contribution in [1.29, 1.82) is 0 Å². The molecule has 0 aliphatic rings. The van der Waals surface area contributed by atoms with Crippen molar-refractivity contribution in [1.82, 2.24) is 9.78 Å². The topological polar surface area (TPSA) is 27.1 Å². The Hall–Kier alpha value is -2.07. The highest BCUT2D eigenvalue weighted by atomic mass is 32.1. The summed E-state index contributed by atoms with van der Waals surface area (Å²) in [5.41, 5.74) is 1.23. The summed E-state index contributed by atoms with van der Waals surface area (Å²) in [5, 5.41) is 7.16. The molecule has 0 saturated carbocycles. The molecule has 0 radical (unpaired) electrons. The molecule has 0 saturated heterocycles. The Bertz CT molecular complexity index is 602. The van der Waals surface area contributed by atoms with E-state index in [1.54, 1.807) is 17.5 Å². The quantitative estimate of drug-likeness (QED) is 0.710. The highest BCUT2D eigenvalue weighted by Crippen LogP contribution is 2.25. The van der Waals surface area contributed by atoms with Gasteiger partial charge in [0.25, 0.3) is 0 Å². The molecule has 0 spiro atoms.